The van der Waals surface area contributed by atoms with Gasteiger partial charge in [0.1, 0.15) is 5.82 Å². The third-order valence-corrected chi connectivity index (χ3v) is 5.85. The number of aromatic nitrogens is 2. The predicted molar refractivity (Wildman–Crippen MR) is 113 cm³/mol. The van der Waals surface area contributed by atoms with Gasteiger partial charge >= 0.3 is 0 Å². The van der Waals surface area contributed by atoms with Crippen molar-refractivity contribution in [2.45, 2.75) is 31.7 Å². The summed E-state index contributed by atoms with van der Waals surface area (Å²) in [5, 5.41) is 14.6. The van der Waals surface area contributed by atoms with Crippen molar-refractivity contribution in [2.24, 2.45) is 0 Å². The summed E-state index contributed by atoms with van der Waals surface area (Å²) < 4.78 is 14.3. The Hall–Kier alpha value is -3.41. The largest absolute Gasteiger partial charge is 0.374 e. The third-order valence-electron chi connectivity index (χ3n) is 5.85. The minimum atomic E-state index is -0.460. The van der Waals surface area contributed by atoms with E-state index >= 15 is 0 Å². The van der Waals surface area contributed by atoms with E-state index in [1.54, 1.807) is 12.1 Å². The molecule has 2 aliphatic rings. The molecule has 29 heavy (non-hydrogen) atoms. The molecule has 5 rings (SSSR count). The van der Waals surface area contributed by atoms with Crippen LogP contribution in [0.15, 0.2) is 54.8 Å². The van der Waals surface area contributed by atoms with Crippen molar-refractivity contribution in [3.05, 3.63) is 71.7 Å². The standard InChI is InChI=1S/C23H21FN4O/c1-2-21(29)26-20-11-13(7-8-17(20)24)23-15-6-4-3-5-14(15)22-16-12-25-28-18(16)9-10-19(22)27-23/h2,7-12,23,27H,1,3-6H2,(H,25,28)(H,26,29). The monoisotopic (exact) mass is 388 g/mol. The van der Waals surface area contributed by atoms with Gasteiger partial charge in [0, 0.05) is 16.6 Å². The molecule has 0 saturated carbocycles. The molecule has 0 fully saturated rings. The van der Waals surface area contributed by atoms with Crippen LogP contribution in [-0.4, -0.2) is 16.1 Å². The SMILES string of the molecule is C=CC(=O)Nc1cc(C2Nc3ccc4[nH]ncc4c3C3=C2CCCC3)ccc1F. The molecular weight excluding hydrogens is 367 g/mol. The number of rotatable bonds is 3. The van der Waals surface area contributed by atoms with E-state index in [0.717, 1.165) is 53.9 Å². The van der Waals surface area contributed by atoms with Crippen LogP contribution in [0, 0.1) is 5.82 Å². The van der Waals surface area contributed by atoms with Gasteiger partial charge in [0.25, 0.3) is 0 Å². The quantitative estimate of drug-likeness (QED) is 0.532. The Balaban J connectivity index is 1.63. The van der Waals surface area contributed by atoms with Gasteiger partial charge in [0.15, 0.2) is 0 Å². The van der Waals surface area contributed by atoms with Crippen molar-refractivity contribution in [2.75, 3.05) is 10.6 Å². The molecule has 0 spiro atoms. The Morgan fingerprint density at radius 3 is 2.97 bits per heavy atom. The maximum absolute atomic E-state index is 14.3. The molecule has 3 aromatic rings. The van der Waals surface area contributed by atoms with Crippen LogP contribution in [0.4, 0.5) is 15.8 Å². The minimum Gasteiger partial charge on any atom is -0.374 e. The fourth-order valence-electron chi connectivity index (χ4n) is 4.52. The highest BCUT2D eigenvalue weighted by molar-refractivity contribution is 6.00. The topological polar surface area (TPSA) is 69.8 Å². The normalized spacial score (nSPS) is 18.0. The molecule has 3 N–H and O–H groups in total. The number of anilines is 2. The molecule has 146 valence electrons. The van der Waals surface area contributed by atoms with Gasteiger partial charge < -0.3 is 10.6 Å². The summed E-state index contributed by atoms with van der Waals surface area (Å²) in [6, 6.07) is 8.97. The molecule has 6 heteroatoms. The smallest absolute Gasteiger partial charge is 0.247 e. The van der Waals surface area contributed by atoms with Gasteiger partial charge in [0.05, 0.1) is 23.4 Å². The zero-order valence-electron chi connectivity index (χ0n) is 15.9. The van der Waals surface area contributed by atoms with E-state index in [4.69, 9.17) is 0 Å². The summed E-state index contributed by atoms with van der Waals surface area (Å²) in [6.45, 7) is 3.44. The van der Waals surface area contributed by atoms with Crippen LogP contribution in [-0.2, 0) is 4.79 Å². The van der Waals surface area contributed by atoms with E-state index < -0.39 is 11.7 Å². The predicted octanol–water partition coefficient (Wildman–Crippen LogP) is 5.32. The van der Waals surface area contributed by atoms with Gasteiger partial charge in [-0.05, 0) is 72.7 Å². The molecular formula is C23H21FN4O. The van der Waals surface area contributed by atoms with Gasteiger partial charge in [0.2, 0.25) is 5.91 Å². The number of halogens is 1. The average Bonchev–Trinajstić information content (AvgIpc) is 3.23. The average molecular weight is 388 g/mol. The molecule has 0 saturated heterocycles. The molecule has 1 atom stereocenters. The number of nitrogens with one attached hydrogen (secondary N) is 3. The first-order valence-corrected chi connectivity index (χ1v) is 9.83. The van der Waals surface area contributed by atoms with Gasteiger partial charge in [-0.25, -0.2) is 4.39 Å². The second-order valence-electron chi connectivity index (χ2n) is 7.54. The van der Waals surface area contributed by atoms with E-state index in [1.165, 1.54) is 22.8 Å². The first-order chi connectivity index (χ1) is 14.2. The van der Waals surface area contributed by atoms with Crippen LogP contribution in [0.3, 0.4) is 0 Å². The summed E-state index contributed by atoms with van der Waals surface area (Å²) in [5.41, 5.74) is 7.11. The van der Waals surface area contributed by atoms with E-state index in [9.17, 15) is 9.18 Å². The highest BCUT2D eigenvalue weighted by atomic mass is 19.1. The summed E-state index contributed by atoms with van der Waals surface area (Å²) in [7, 11) is 0. The molecule has 5 nitrogen and oxygen atoms in total. The number of carbonyl (C=O) groups is 1. The van der Waals surface area contributed by atoms with Crippen LogP contribution < -0.4 is 10.6 Å². The van der Waals surface area contributed by atoms with Crippen LogP contribution >= 0.6 is 0 Å². The molecule has 1 aliphatic heterocycles. The fraction of sp³-hybridized carbons (Fsp3) is 0.217. The van der Waals surface area contributed by atoms with Crippen molar-refractivity contribution < 1.29 is 9.18 Å². The number of H-pyrrole nitrogens is 1. The molecule has 1 aromatic heterocycles. The highest BCUT2D eigenvalue weighted by Gasteiger charge is 2.31. The molecule has 1 aliphatic carbocycles. The Morgan fingerprint density at radius 1 is 1.24 bits per heavy atom. The Bertz CT molecular complexity index is 1180. The fourth-order valence-corrected chi connectivity index (χ4v) is 4.52. The van der Waals surface area contributed by atoms with Crippen molar-refractivity contribution in [3.8, 4) is 0 Å². The van der Waals surface area contributed by atoms with Crippen LogP contribution in [0.2, 0.25) is 0 Å². The number of nitrogens with zero attached hydrogens (tertiary/aromatic N) is 1. The Kier molecular flexibility index (Phi) is 4.19. The second kappa shape index (κ2) is 6.88. The van der Waals surface area contributed by atoms with Gasteiger partial charge in [-0.15, -0.1) is 0 Å². The van der Waals surface area contributed by atoms with Gasteiger partial charge in [-0.3, -0.25) is 9.89 Å². The maximum atomic E-state index is 14.3. The molecule has 2 aromatic carbocycles. The van der Waals surface area contributed by atoms with E-state index in [2.05, 4.69) is 33.5 Å². The molecule has 1 amide bonds. The highest BCUT2D eigenvalue weighted by Crippen LogP contribution is 2.49. The molecule has 0 bridgehead atoms. The number of carbonyl (C=O) groups excluding carboxylic acids is 1. The Morgan fingerprint density at radius 2 is 2.10 bits per heavy atom. The first-order valence-electron chi connectivity index (χ1n) is 9.83. The lowest BCUT2D eigenvalue weighted by atomic mass is 9.78. The molecule has 0 radical (unpaired) electrons. The van der Waals surface area contributed by atoms with Gasteiger partial charge in [-0.2, -0.15) is 5.10 Å². The second-order valence-corrected chi connectivity index (χ2v) is 7.54. The lowest BCUT2D eigenvalue weighted by Gasteiger charge is -2.35. The summed E-state index contributed by atoms with van der Waals surface area (Å²) >= 11 is 0. The molecule has 2 heterocycles. The maximum Gasteiger partial charge on any atom is 0.247 e. The zero-order chi connectivity index (χ0) is 20.0. The number of fused-ring (bicyclic) bond motifs is 4. The van der Waals surface area contributed by atoms with Crippen LogP contribution in [0.1, 0.15) is 42.9 Å². The van der Waals surface area contributed by atoms with E-state index in [1.807, 2.05) is 12.3 Å². The molecule has 1 unspecified atom stereocenters. The lowest BCUT2D eigenvalue weighted by molar-refractivity contribution is -0.111. The lowest BCUT2D eigenvalue weighted by Crippen LogP contribution is -2.22. The van der Waals surface area contributed by atoms with Crippen LogP contribution in [0.5, 0.6) is 0 Å². The first kappa shape index (κ1) is 17.7. The van der Waals surface area contributed by atoms with Gasteiger partial charge in [-0.1, -0.05) is 12.6 Å². The van der Waals surface area contributed by atoms with Crippen LogP contribution in [0.25, 0.3) is 16.5 Å². The minimum absolute atomic E-state index is 0.0536. The van der Waals surface area contributed by atoms with Crippen molar-refractivity contribution in [3.63, 3.8) is 0 Å². The summed E-state index contributed by atoms with van der Waals surface area (Å²) in [5.74, 6) is -0.888. The number of allylic oxidation sites excluding steroid dienone is 1. The summed E-state index contributed by atoms with van der Waals surface area (Å²) in [4.78, 5) is 11.7. The van der Waals surface area contributed by atoms with Crippen molar-refractivity contribution in [1.29, 1.82) is 0 Å². The van der Waals surface area contributed by atoms with Crippen molar-refractivity contribution in [1.82, 2.24) is 10.2 Å². The Labute approximate surface area is 167 Å². The summed E-state index contributed by atoms with van der Waals surface area (Å²) in [6.07, 6.45) is 7.33. The number of aromatic amines is 1. The number of amides is 1. The van der Waals surface area contributed by atoms with E-state index in [-0.39, 0.29) is 11.7 Å². The number of hydrogen-bond donors (Lipinski definition) is 3. The number of hydrogen-bond acceptors (Lipinski definition) is 3. The van der Waals surface area contributed by atoms with E-state index in [0.29, 0.717) is 0 Å². The van der Waals surface area contributed by atoms with Crippen molar-refractivity contribution >= 4 is 33.8 Å². The zero-order valence-corrected chi connectivity index (χ0v) is 15.9. The number of benzene rings is 2. The third kappa shape index (κ3) is 2.92.